The van der Waals surface area contributed by atoms with Gasteiger partial charge in [0, 0.05) is 29.2 Å². The molecular formula is C18H18ClF3N4O3. The molecule has 29 heavy (non-hydrogen) atoms. The van der Waals surface area contributed by atoms with E-state index in [1.807, 2.05) is 0 Å². The van der Waals surface area contributed by atoms with Gasteiger partial charge in [-0.05, 0) is 24.6 Å². The Morgan fingerprint density at radius 3 is 2.55 bits per heavy atom. The number of nitrogens with zero attached hydrogens (tertiary/aromatic N) is 3. The minimum atomic E-state index is -4.75. The number of hydrogen-bond donors (Lipinski definition) is 2. The van der Waals surface area contributed by atoms with Gasteiger partial charge in [0.1, 0.15) is 6.54 Å². The number of hydrogen-bond acceptors (Lipinski definition) is 3. The van der Waals surface area contributed by atoms with Crippen molar-refractivity contribution >= 4 is 23.6 Å². The molecule has 0 spiro atoms. The second kappa shape index (κ2) is 7.94. The zero-order valence-corrected chi connectivity index (χ0v) is 16.1. The van der Waals surface area contributed by atoms with Crippen molar-refractivity contribution in [3.63, 3.8) is 0 Å². The van der Waals surface area contributed by atoms with E-state index in [1.54, 1.807) is 31.2 Å². The van der Waals surface area contributed by atoms with E-state index in [2.05, 4.69) is 10.4 Å². The van der Waals surface area contributed by atoms with Crippen LogP contribution in [0.25, 0.3) is 0 Å². The molecule has 2 aromatic rings. The van der Waals surface area contributed by atoms with Crippen molar-refractivity contribution in [3.8, 4) is 0 Å². The summed E-state index contributed by atoms with van der Waals surface area (Å²) in [4.78, 5) is 24.4. The fraction of sp³-hybridized carbons (Fsp3) is 0.389. The van der Waals surface area contributed by atoms with Crippen LogP contribution in [0, 0.1) is 0 Å². The molecule has 2 amide bonds. The number of amides is 2. The fourth-order valence-electron chi connectivity index (χ4n) is 3.27. The van der Waals surface area contributed by atoms with E-state index in [9.17, 15) is 22.8 Å². The van der Waals surface area contributed by atoms with Gasteiger partial charge in [-0.25, -0.2) is 4.79 Å². The molecule has 0 bridgehead atoms. The topological polar surface area (TPSA) is 87.5 Å². The summed E-state index contributed by atoms with van der Waals surface area (Å²) in [6.45, 7) is 0.964. The molecule has 1 aliphatic heterocycles. The third-order valence-corrected chi connectivity index (χ3v) is 4.97. The van der Waals surface area contributed by atoms with Crippen LogP contribution < -0.4 is 5.32 Å². The van der Waals surface area contributed by atoms with E-state index in [-0.39, 0.29) is 30.3 Å². The summed E-state index contributed by atoms with van der Waals surface area (Å²) in [5, 5.41) is 15.9. The molecule has 156 valence electrons. The van der Waals surface area contributed by atoms with Crippen LogP contribution in [-0.4, -0.2) is 38.3 Å². The first-order valence-corrected chi connectivity index (χ1v) is 9.12. The Labute approximate surface area is 169 Å². The average Bonchev–Trinajstić information content (AvgIpc) is 3.00. The first-order valence-electron chi connectivity index (χ1n) is 8.74. The van der Waals surface area contributed by atoms with E-state index in [1.165, 1.54) is 0 Å². The van der Waals surface area contributed by atoms with E-state index in [0.717, 1.165) is 15.1 Å². The van der Waals surface area contributed by atoms with Gasteiger partial charge in [-0.1, -0.05) is 23.7 Å². The Bertz CT molecular complexity index is 928. The largest absolute Gasteiger partial charge is 0.465 e. The van der Waals surface area contributed by atoms with Crippen LogP contribution in [0.15, 0.2) is 24.3 Å². The number of fused-ring (bicyclic) bond motifs is 1. The van der Waals surface area contributed by atoms with E-state index in [4.69, 9.17) is 16.7 Å². The van der Waals surface area contributed by atoms with Crippen molar-refractivity contribution in [2.75, 3.05) is 6.54 Å². The van der Waals surface area contributed by atoms with Crippen molar-refractivity contribution in [2.45, 2.75) is 38.7 Å². The second-order valence-corrected chi connectivity index (χ2v) is 7.16. The SMILES string of the molecule is CC(NC(=O)Cn1nc(C(F)(F)F)c2c1CCN(C(=O)O)C2)c1ccc(Cl)cc1. The molecule has 0 aliphatic carbocycles. The van der Waals surface area contributed by atoms with Gasteiger partial charge < -0.3 is 15.3 Å². The Morgan fingerprint density at radius 1 is 1.31 bits per heavy atom. The highest BCUT2D eigenvalue weighted by molar-refractivity contribution is 6.30. The standard InChI is InChI=1S/C18H18ClF3N4O3/c1-10(11-2-4-12(19)5-3-11)23-15(27)9-26-14-6-7-25(17(28)29)8-13(14)16(24-26)18(20,21)22/h2-5,10H,6-9H2,1H3,(H,23,27)(H,28,29). The molecule has 3 rings (SSSR count). The van der Waals surface area contributed by atoms with Gasteiger partial charge in [0.15, 0.2) is 5.69 Å². The van der Waals surface area contributed by atoms with E-state index in [0.29, 0.717) is 5.02 Å². The summed E-state index contributed by atoms with van der Waals surface area (Å²) in [6, 6.07) is 6.45. The first-order chi connectivity index (χ1) is 13.6. The van der Waals surface area contributed by atoms with Crippen molar-refractivity contribution in [2.24, 2.45) is 0 Å². The van der Waals surface area contributed by atoms with Crippen molar-refractivity contribution in [1.29, 1.82) is 0 Å². The van der Waals surface area contributed by atoms with Crippen LogP contribution in [0.1, 0.15) is 35.5 Å². The van der Waals surface area contributed by atoms with Crippen LogP contribution in [0.2, 0.25) is 5.02 Å². The van der Waals surface area contributed by atoms with E-state index < -0.39 is 37.0 Å². The number of alkyl halides is 3. The zero-order valence-electron chi connectivity index (χ0n) is 15.3. The van der Waals surface area contributed by atoms with Gasteiger partial charge in [-0.3, -0.25) is 9.48 Å². The summed E-state index contributed by atoms with van der Waals surface area (Å²) < 4.78 is 41.1. The number of carboxylic acid groups (broad SMARTS) is 1. The fourth-order valence-corrected chi connectivity index (χ4v) is 3.40. The highest BCUT2D eigenvalue weighted by atomic mass is 35.5. The van der Waals surface area contributed by atoms with Gasteiger partial charge in [0.2, 0.25) is 5.91 Å². The predicted molar refractivity (Wildman–Crippen MR) is 97.4 cm³/mol. The number of carbonyl (C=O) groups is 2. The highest BCUT2D eigenvalue weighted by Gasteiger charge is 2.41. The number of benzene rings is 1. The summed E-state index contributed by atoms with van der Waals surface area (Å²) in [5.41, 5.74) is -0.343. The number of halogens is 4. The van der Waals surface area contributed by atoms with Crippen molar-refractivity contribution in [1.82, 2.24) is 20.0 Å². The van der Waals surface area contributed by atoms with Gasteiger partial charge in [-0.15, -0.1) is 0 Å². The molecule has 2 heterocycles. The molecule has 1 aromatic heterocycles. The van der Waals surface area contributed by atoms with Crippen molar-refractivity contribution in [3.05, 3.63) is 51.8 Å². The molecule has 1 aliphatic rings. The normalized spacial score (nSPS) is 15.0. The molecule has 0 fully saturated rings. The molecule has 0 saturated heterocycles. The van der Waals surface area contributed by atoms with Gasteiger partial charge in [-0.2, -0.15) is 18.3 Å². The van der Waals surface area contributed by atoms with Gasteiger partial charge in [0.05, 0.1) is 12.6 Å². The van der Waals surface area contributed by atoms with Crippen LogP contribution >= 0.6 is 11.6 Å². The lowest BCUT2D eigenvalue weighted by atomic mass is 10.1. The lowest BCUT2D eigenvalue weighted by Crippen LogP contribution is -2.36. The molecular weight excluding hydrogens is 413 g/mol. The Morgan fingerprint density at radius 2 is 1.97 bits per heavy atom. The highest BCUT2D eigenvalue weighted by Crippen LogP contribution is 2.35. The average molecular weight is 431 g/mol. The lowest BCUT2D eigenvalue weighted by molar-refractivity contribution is -0.142. The molecule has 0 saturated carbocycles. The van der Waals surface area contributed by atoms with Crippen LogP contribution in [0.3, 0.4) is 0 Å². The van der Waals surface area contributed by atoms with Crippen LogP contribution in [0.5, 0.6) is 0 Å². The summed E-state index contributed by atoms with van der Waals surface area (Å²) >= 11 is 5.83. The smallest absolute Gasteiger partial charge is 0.435 e. The van der Waals surface area contributed by atoms with Crippen LogP contribution in [0.4, 0.5) is 18.0 Å². The minimum absolute atomic E-state index is 0.0358. The van der Waals surface area contributed by atoms with Crippen LogP contribution in [-0.2, 0) is 30.5 Å². The number of carbonyl (C=O) groups excluding carboxylic acids is 1. The predicted octanol–water partition coefficient (Wildman–Crippen LogP) is 3.47. The molecule has 1 atom stereocenters. The molecule has 1 aromatic carbocycles. The monoisotopic (exact) mass is 430 g/mol. The maximum absolute atomic E-state index is 13.4. The number of rotatable bonds is 4. The van der Waals surface area contributed by atoms with E-state index >= 15 is 0 Å². The zero-order chi connectivity index (χ0) is 21.3. The maximum atomic E-state index is 13.4. The second-order valence-electron chi connectivity index (χ2n) is 6.72. The Balaban J connectivity index is 1.79. The van der Waals surface area contributed by atoms with Gasteiger partial charge in [0.25, 0.3) is 0 Å². The quantitative estimate of drug-likeness (QED) is 0.777. The number of aromatic nitrogens is 2. The Hall–Kier alpha value is -2.75. The summed E-state index contributed by atoms with van der Waals surface area (Å²) in [7, 11) is 0. The molecule has 0 radical (unpaired) electrons. The molecule has 11 heteroatoms. The maximum Gasteiger partial charge on any atom is 0.435 e. The summed E-state index contributed by atoms with van der Waals surface area (Å²) in [5.74, 6) is -0.507. The molecule has 2 N–H and O–H groups in total. The van der Waals surface area contributed by atoms with Gasteiger partial charge >= 0.3 is 12.3 Å². The number of nitrogens with one attached hydrogen (secondary N) is 1. The third kappa shape index (κ3) is 4.64. The Kier molecular flexibility index (Phi) is 5.74. The minimum Gasteiger partial charge on any atom is -0.465 e. The lowest BCUT2D eigenvalue weighted by Gasteiger charge is -2.25. The molecule has 7 nitrogen and oxygen atoms in total. The first kappa shape index (κ1) is 21.0. The van der Waals surface area contributed by atoms with Crippen molar-refractivity contribution < 1.29 is 27.9 Å². The summed E-state index contributed by atoms with van der Waals surface area (Å²) in [6.07, 6.45) is -6.00. The third-order valence-electron chi connectivity index (χ3n) is 4.71. The molecule has 1 unspecified atom stereocenters.